The molecule has 5 heteroatoms. The third-order valence-electron chi connectivity index (χ3n) is 1.17. The van der Waals surface area contributed by atoms with Crippen LogP contribution in [0.1, 0.15) is 0 Å². The minimum atomic E-state index is -0.828. The topological polar surface area (TPSA) is 90.7 Å². The van der Waals surface area contributed by atoms with Crippen LogP contribution in [0, 0.1) is 0 Å². The van der Waals surface area contributed by atoms with E-state index in [2.05, 4.69) is 4.99 Å². The van der Waals surface area contributed by atoms with Gasteiger partial charge in [-0.25, -0.2) is 4.79 Å². The van der Waals surface area contributed by atoms with Gasteiger partial charge in [-0.05, 0) is 12.1 Å². The van der Waals surface area contributed by atoms with Gasteiger partial charge in [0.05, 0.1) is 0 Å². The maximum Gasteiger partial charge on any atom is 0.442 e. The van der Waals surface area contributed by atoms with Crippen LogP contribution in [0.3, 0.4) is 0 Å². The molecule has 0 radical (unpaired) electrons. The van der Waals surface area contributed by atoms with Gasteiger partial charge in [0.25, 0.3) is 0 Å². The van der Waals surface area contributed by atoms with Crippen molar-refractivity contribution in [2.45, 2.75) is 0 Å². The van der Waals surface area contributed by atoms with E-state index >= 15 is 0 Å². The molecule has 0 aliphatic rings. The van der Waals surface area contributed by atoms with Crippen molar-refractivity contribution >= 4 is 12.1 Å². The van der Waals surface area contributed by atoms with Crippen LogP contribution in [0.15, 0.2) is 35.3 Å². The number of nitrogens with zero attached hydrogens (tertiary/aromatic N) is 1. The molecule has 0 saturated carbocycles. The van der Waals surface area contributed by atoms with Crippen molar-refractivity contribution in [3.8, 4) is 5.75 Å². The summed E-state index contributed by atoms with van der Waals surface area (Å²) in [7, 11) is 0. The number of amides is 1. The standard InChI is InChI=1S/C8H9N3O2/c9-7(10)11-8(12)13-6-4-2-1-3-5-6/h1-5H,(H4,9,10,11,12). The van der Waals surface area contributed by atoms with Crippen LogP contribution in [-0.4, -0.2) is 12.1 Å². The average molecular weight is 179 g/mol. The normalized spacial score (nSPS) is 8.92. The zero-order valence-electron chi connectivity index (χ0n) is 6.81. The Kier molecular flexibility index (Phi) is 2.86. The average Bonchev–Trinajstić information content (AvgIpc) is 2.04. The van der Waals surface area contributed by atoms with Crippen LogP contribution in [-0.2, 0) is 0 Å². The summed E-state index contributed by atoms with van der Waals surface area (Å²) in [5, 5.41) is 0. The molecule has 0 fully saturated rings. The lowest BCUT2D eigenvalue weighted by Gasteiger charge is -1.98. The second-order valence-electron chi connectivity index (χ2n) is 2.22. The molecule has 1 aromatic rings. The fourth-order valence-electron chi connectivity index (χ4n) is 0.718. The van der Waals surface area contributed by atoms with Gasteiger partial charge in [-0.3, -0.25) is 0 Å². The minimum Gasteiger partial charge on any atom is -0.409 e. The van der Waals surface area contributed by atoms with Gasteiger partial charge in [0.1, 0.15) is 5.75 Å². The molecule has 0 aliphatic carbocycles. The van der Waals surface area contributed by atoms with Crippen LogP contribution >= 0.6 is 0 Å². The van der Waals surface area contributed by atoms with Crippen LogP contribution in [0.2, 0.25) is 0 Å². The van der Waals surface area contributed by atoms with Crippen molar-refractivity contribution in [2.24, 2.45) is 16.5 Å². The Bertz CT molecular complexity index is 317. The number of hydrogen-bond acceptors (Lipinski definition) is 2. The molecule has 0 unspecified atom stereocenters. The molecule has 5 nitrogen and oxygen atoms in total. The van der Waals surface area contributed by atoms with Gasteiger partial charge in [0, 0.05) is 0 Å². The summed E-state index contributed by atoms with van der Waals surface area (Å²) in [4.78, 5) is 14.0. The van der Waals surface area contributed by atoms with Crippen molar-refractivity contribution in [2.75, 3.05) is 0 Å². The maximum atomic E-state index is 10.9. The maximum absolute atomic E-state index is 10.9. The molecule has 0 heterocycles. The molecule has 1 amide bonds. The van der Waals surface area contributed by atoms with Crippen molar-refractivity contribution in [3.63, 3.8) is 0 Å². The van der Waals surface area contributed by atoms with E-state index < -0.39 is 6.09 Å². The fourth-order valence-corrected chi connectivity index (χ4v) is 0.718. The predicted molar refractivity (Wildman–Crippen MR) is 48.3 cm³/mol. The molecule has 4 N–H and O–H groups in total. The Morgan fingerprint density at radius 3 is 2.38 bits per heavy atom. The highest BCUT2D eigenvalue weighted by atomic mass is 16.5. The molecule has 0 aromatic heterocycles. The van der Waals surface area contributed by atoms with E-state index in [1.54, 1.807) is 30.3 Å². The molecule has 0 aliphatic heterocycles. The summed E-state index contributed by atoms with van der Waals surface area (Å²) in [6.45, 7) is 0. The molecule has 0 bridgehead atoms. The van der Waals surface area contributed by atoms with E-state index in [1.807, 2.05) is 0 Å². The summed E-state index contributed by atoms with van der Waals surface area (Å²) in [5.74, 6) is 0.0819. The number of guanidine groups is 1. The van der Waals surface area contributed by atoms with E-state index in [4.69, 9.17) is 16.2 Å². The quantitative estimate of drug-likeness (QED) is 0.484. The van der Waals surface area contributed by atoms with Gasteiger partial charge in [0.2, 0.25) is 0 Å². The lowest BCUT2D eigenvalue weighted by atomic mass is 10.3. The Balaban J connectivity index is 2.61. The monoisotopic (exact) mass is 179 g/mol. The molecule has 1 aromatic carbocycles. The van der Waals surface area contributed by atoms with E-state index in [9.17, 15) is 4.79 Å². The van der Waals surface area contributed by atoms with Crippen LogP contribution in [0.25, 0.3) is 0 Å². The number of aliphatic imine (C=N–C) groups is 1. The lowest BCUT2D eigenvalue weighted by Crippen LogP contribution is -2.25. The first-order chi connectivity index (χ1) is 6.18. The number of benzene rings is 1. The molecular formula is C8H9N3O2. The van der Waals surface area contributed by atoms with Crippen molar-refractivity contribution in [3.05, 3.63) is 30.3 Å². The summed E-state index contributed by atoms with van der Waals surface area (Å²) in [5.41, 5.74) is 9.95. The van der Waals surface area contributed by atoms with E-state index in [0.29, 0.717) is 5.75 Å². The smallest absolute Gasteiger partial charge is 0.409 e. The van der Waals surface area contributed by atoms with Crippen molar-refractivity contribution in [1.29, 1.82) is 0 Å². The molecule has 0 spiro atoms. The minimum absolute atomic E-state index is 0.319. The highest BCUT2D eigenvalue weighted by Gasteiger charge is 2.00. The molecule has 13 heavy (non-hydrogen) atoms. The number of para-hydroxylation sites is 1. The summed E-state index contributed by atoms with van der Waals surface area (Å²) in [6.07, 6.45) is -0.828. The number of rotatable bonds is 1. The number of nitrogens with two attached hydrogens (primary N) is 2. The molecule has 1 rings (SSSR count). The summed E-state index contributed by atoms with van der Waals surface area (Å²) >= 11 is 0. The highest BCUT2D eigenvalue weighted by molar-refractivity contribution is 5.88. The van der Waals surface area contributed by atoms with Gasteiger partial charge in [-0.2, -0.15) is 0 Å². The van der Waals surface area contributed by atoms with Crippen LogP contribution in [0.5, 0.6) is 5.75 Å². The highest BCUT2D eigenvalue weighted by Crippen LogP contribution is 2.08. The number of carbonyl (C=O) groups excluding carboxylic acids is 1. The molecule has 0 saturated heterocycles. The third kappa shape index (κ3) is 3.24. The van der Waals surface area contributed by atoms with Gasteiger partial charge in [-0.15, -0.1) is 4.99 Å². The van der Waals surface area contributed by atoms with Crippen molar-refractivity contribution in [1.82, 2.24) is 0 Å². The second-order valence-corrected chi connectivity index (χ2v) is 2.22. The Labute approximate surface area is 75.0 Å². The first kappa shape index (κ1) is 9.05. The van der Waals surface area contributed by atoms with Crippen LogP contribution < -0.4 is 16.2 Å². The van der Waals surface area contributed by atoms with E-state index in [1.165, 1.54) is 0 Å². The fraction of sp³-hybridized carbons (Fsp3) is 0. The zero-order valence-corrected chi connectivity index (χ0v) is 6.81. The molecular weight excluding hydrogens is 170 g/mol. The first-order valence-corrected chi connectivity index (χ1v) is 3.55. The SMILES string of the molecule is NC(N)=NC(=O)Oc1ccccc1. The number of ether oxygens (including phenoxy) is 1. The van der Waals surface area contributed by atoms with Gasteiger partial charge in [0.15, 0.2) is 5.96 Å². The van der Waals surface area contributed by atoms with Crippen molar-refractivity contribution < 1.29 is 9.53 Å². The van der Waals surface area contributed by atoms with Gasteiger partial charge < -0.3 is 16.2 Å². The number of carbonyl (C=O) groups is 1. The molecule has 68 valence electrons. The summed E-state index contributed by atoms with van der Waals surface area (Å²) < 4.78 is 4.74. The van der Waals surface area contributed by atoms with Gasteiger partial charge >= 0.3 is 6.09 Å². The summed E-state index contributed by atoms with van der Waals surface area (Å²) in [6, 6.07) is 8.52. The largest absolute Gasteiger partial charge is 0.442 e. The Morgan fingerprint density at radius 1 is 1.23 bits per heavy atom. The first-order valence-electron chi connectivity index (χ1n) is 3.55. The third-order valence-corrected chi connectivity index (χ3v) is 1.17. The second kappa shape index (κ2) is 4.10. The zero-order chi connectivity index (χ0) is 9.68. The van der Waals surface area contributed by atoms with Gasteiger partial charge in [-0.1, -0.05) is 18.2 Å². The Morgan fingerprint density at radius 2 is 1.85 bits per heavy atom. The molecule has 0 atom stereocenters. The van der Waals surface area contributed by atoms with E-state index in [-0.39, 0.29) is 5.96 Å². The Hall–Kier alpha value is -2.04. The number of hydrogen-bond donors (Lipinski definition) is 2. The predicted octanol–water partition coefficient (Wildman–Crippen LogP) is 0.459. The lowest BCUT2D eigenvalue weighted by molar-refractivity contribution is 0.211. The van der Waals surface area contributed by atoms with E-state index in [0.717, 1.165) is 0 Å². The van der Waals surface area contributed by atoms with Crippen LogP contribution in [0.4, 0.5) is 4.79 Å².